The first-order chi connectivity index (χ1) is 10.6. The Hall–Kier alpha value is -1.89. The van der Waals surface area contributed by atoms with Gasteiger partial charge in [0.2, 0.25) is 0 Å². The Morgan fingerprint density at radius 1 is 1.05 bits per heavy atom. The zero-order chi connectivity index (χ0) is 16.3. The molecule has 0 saturated heterocycles. The molecule has 0 radical (unpaired) electrons. The highest BCUT2D eigenvalue weighted by atomic mass is 16.2. The molecule has 0 saturated carbocycles. The van der Waals surface area contributed by atoms with E-state index in [-0.39, 0.29) is 11.2 Å². The second kappa shape index (κ2) is 6.91. The Bertz CT molecular complexity index is 769. The van der Waals surface area contributed by atoms with Gasteiger partial charge in [-0.05, 0) is 13.3 Å². The van der Waals surface area contributed by atoms with Crippen LogP contribution in [0.5, 0.6) is 0 Å². The quantitative estimate of drug-likeness (QED) is 0.815. The second-order valence-electron chi connectivity index (χ2n) is 5.33. The molecular formula is C15H25N5O2. The summed E-state index contributed by atoms with van der Waals surface area (Å²) in [5.74, 6) is 0.802. The van der Waals surface area contributed by atoms with Crippen molar-refractivity contribution in [2.75, 3.05) is 6.54 Å². The molecule has 0 bridgehead atoms. The van der Waals surface area contributed by atoms with Crippen LogP contribution in [0.4, 0.5) is 0 Å². The minimum atomic E-state index is -0.270. The van der Waals surface area contributed by atoms with Crippen LogP contribution in [0.15, 0.2) is 9.59 Å². The van der Waals surface area contributed by atoms with Crippen molar-refractivity contribution >= 4 is 11.2 Å². The van der Waals surface area contributed by atoms with Crippen LogP contribution in [0.3, 0.4) is 0 Å². The number of hydrogen-bond acceptors (Lipinski definition) is 4. The number of aromatic nitrogens is 4. The fourth-order valence-corrected chi connectivity index (χ4v) is 2.77. The van der Waals surface area contributed by atoms with Gasteiger partial charge in [-0.15, -0.1) is 0 Å². The van der Waals surface area contributed by atoms with E-state index in [0.29, 0.717) is 43.8 Å². The lowest BCUT2D eigenvalue weighted by atomic mass is 10.3. The Morgan fingerprint density at radius 2 is 1.77 bits per heavy atom. The van der Waals surface area contributed by atoms with Crippen molar-refractivity contribution in [1.82, 2.24) is 18.7 Å². The molecule has 7 heteroatoms. The van der Waals surface area contributed by atoms with Gasteiger partial charge in [-0.25, -0.2) is 9.78 Å². The van der Waals surface area contributed by atoms with Crippen LogP contribution in [-0.4, -0.2) is 25.2 Å². The lowest BCUT2D eigenvalue weighted by molar-refractivity contribution is 0.560. The molecule has 22 heavy (non-hydrogen) atoms. The van der Waals surface area contributed by atoms with Gasteiger partial charge < -0.3 is 10.3 Å². The van der Waals surface area contributed by atoms with Gasteiger partial charge in [0.25, 0.3) is 5.56 Å². The van der Waals surface area contributed by atoms with Gasteiger partial charge >= 0.3 is 5.69 Å². The molecular weight excluding hydrogens is 282 g/mol. The minimum absolute atomic E-state index is 0.268. The number of aryl methyl sites for hydroxylation is 2. The van der Waals surface area contributed by atoms with Crippen LogP contribution in [-0.2, 0) is 26.1 Å². The topological polar surface area (TPSA) is 87.8 Å². The third-order valence-electron chi connectivity index (χ3n) is 3.91. The highest BCUT2D eigenvalue weighted by Crippen LogP contribution is 2.13. The van der Waals surface area contributed by atoms with E-state index in [4.69, 9.17) is 5.73 Å². The number of imidazole rings is 1. The molecule has 2 heterocycles. The largest absolute Gasteiger partial charge is 0.332 e. The molecule has 2 aromatic rings. The summed E-state index contributed by atoms with van der Waals surface area (Å²) in [6.45, 7) is 7.76. The van der Waals surface area contributed by atoms with E-state index in [1.807, 2.05) is 18.4 Å². The molecule has 0 unspecified atom stereocenters. The van der Waals surface area contributed by atoms with Crippen molar-refractivity contribution in [3.63, 3.8) is 0 Å². The van der Waals surface area contributed by atoms with Gasteiger partial charge in [0, 0.05) is 32.6 Å². The predicted octanol–water partition coefficient (Wildman–Crippen LogP) is 0.701. The SMILES string of the molecule is CCCCn1c(=O)n(CC)c(=O)c2c1nc(CC)n2CCN. The third-order valence-corrected chi connectivity index (χ3v) is 3.91. The van der Waals surface area contributed by atoms with Gasteiger partial charge in [0.1, 0.15) is 5.82 Å². The van der Waals surface area contributed by atoms with E-state index in [2.05, 4.69) is 11.9 Å². The van der Waals surface area contributed by atoms with Crippen molar-refractivity contribution in [2.24, 2.45) is 5.73 Å². The summed E-state index contributed by atoms with van der Waals surface area (Å²) in [6, 6.07) is 0. The molecule has 122 valence electrons. The van der Waals surface area contributed by atoms with E-state index in [9.17, 15) is 9.59 Å². The van der Waals surface area contributed by atoms with E-state index >= 15 is 0 Å². The average Bonchev–Trinajstić information content (AvgIpc) is 2.87. The number of hydrogen-bond donors (Lipinski definition) is 1. The maximum absolute atomic E-state index is 12.7. The van der Waals surface area contributed by atoms with Gasteiger partial charge in [0.05, 0.1) is 0 Å². The van der Waals surface area contributed by atoms with Crippen LogP contribution in [0.25, 0.3) is 11.2 Å². The number of nitrogens with two attached hydrogens (primary N) is 1. The molecule has 0 atom stereocenters. The molecule has 0 aliphatic heterocycles. The highest BCUT2D eigenvalue weighted by molar-refractivity contribution is 5.71. The van der Waals surface area contributed by atoms with Crippen LogP contribution in [0.2, 0.25) is 0 Å². The molecule has 0 aliphatic carbocycles. The normalized spacial score (nSPS) is 11.5. The van der Waals surface area contributed by atoms with E-state index in [1.165, 1.54) is 4.57 Å². The summed E-state index contributed by atoms with van der Waals surface area (Å²) in [5.41, 5.74) is 6.14. The fraction of sp³-hybridized carbons (Fsp3) is 0.667. The molecule has 2 N–H and O–H groups in total. The zero-order valence-electron chi connectivity index (χ0n) is 13.6. The monoisotopic (exact) mass is 307 g/mol. The molecule has 0 spiro atoms. The van der Waals surface area contributed by atoms with Gasteiger partial charge in [-0.3, -0.25) is 13.9 Å². The second-order valence-corrected chi connectivity index (χ2v) is 5.33. The van der Waals surface area contributed by atoms with Crippen LogP contribution in [0.1, 0.15) is 39.4 Å². The summed E-state index contributed by atoms with van der Waals surface area (Å²) in [5, 5.41) is 0. The van der Waals surface area contributed by atoms with Gasteiger partial charge in [-0.1, -0.05) is 20.3 Å². The van der Waals surface area contributed by atoms with E-state index in [1.54, 1.807) is 4.57 Å². The average molecular weight is 307 g/mol. The Morgan fingerprint density at radius 3 is 2.32 bits per heavy atom. The fourth-order valence-electron chi connectivity index (χ4n) is 2.77. The summed E-state index contributed by atoms with van der Waals surface area (Å²) in [4.78, 5) is 29.8. The van der Waals surface area contributed by atoms with Crippen molar-refractivity contribution in [2.45, 2.75) is 59.7 Å². The van der Waals surface area contributed by atoms with Gasteiger partial charge in [-0.2, -0.15) is 0 Å². The standard InChI is InChI=1S/C15H25N5O2/c1-4-7-9-20-13-12(14(21)18(6-3)15(20)22)19(10-8-16)11(5-2)17-13/h4-10,16H2,1-3H3. The first-order valence-corrected chi connectivity index (χ1v) is 8.03. The molecule has 2 aromatic heterocycles. The van der Waals surface area contributed by atoms with Crippen LogP contribution >= 0.6 is 0 Å². The molecule has 0 aromatic carbocycles. The number of unbranched alkanes of at least 4 members (excludes halogenated alkanes) is 1. The Balaban J connectivity index is 2.88. The number of rotatable bonds is 7. The van der Waals surface area contributed by atoms with Gasteiger partial charge in [0.15, 0.2) is 11.2 Å². The Labute approximate surface area is 129 Å². The lowest BCUT2D eigenvalue weighted by Gasteiger charge is -2.11. The Kier molecular flexibility index (Phi) is 5.18. The number of fused-ring (bicyclic) bond motifs is 1. The summed E-state index contributed by atoms with van der Waals surface area (Å²) in [6.07, 6.45) is 2.55. The predicted molar refractivity (Wildman–Crippen MR) is 87.3 cm³/mol. The smallest absolute Gasteiger partial charge is 0.329 e. The third kappa shape index (κ3) is 2.61. The molecule has 0 amide bonds. The summed E-state index contributed by atoms with van der Waals surface area (Å²) in [7, 11) is 0. The first kappa shape index (κ1) is 16.5. The van der Waals surface area contributed by atoms with Crippen molar-refractivity contribution in [1.29, 1.82) is 0 Å². The van der Waals surface area contributed by atoms with Crippen molar-refractivity contribution < 1.29 is 0 Å². The van der Waals surface area contributed by atoms with E-state index < -0.39 is 0 Å². The highest BCUT2D eigenvalue weighted by Gasteiger charge is 2.19. The molecule has 0 fully saturated rings. The summed E-state index contributed by atoms with van der Waals surface area (Å²) >= 11 is 0. The number of nitrogens with zero attached hydrogens (tertiary/aromatic N) is 4. The molecule has 7 nitrogen and oxygen atoms in total. The van der Waals surface area contributed by atoms with Crippen LogP contribution < -0.4 is 17.0 Å². The van der Waals surface area contributed by atoms with Crippen molar-refractivity contribution in [3.05, 3.63) is 26.7 Å². The maximum atomic E-state index is 12.7. The summed E-state index contributed by atoms with van der Waals surface area (Å²) < 4.78 is 4.79. The minimum Gasteiger partial charge on any atom is -0.329 e. The first-order valence-electron chi connectivity index (χ1n) is 8.03. The lowest BCUT2D eigenvalue weighted by Crippen LogP contribution is -2.40. The maximum Gasteiger partial charge on any atom is 0.332 e. The zero-order valence-corrected chi connectivity index (χ0v) is 13.6. The van der Waals surface area contributed by atoms with E-state index in [0.717, 1.165) is 18.7 Å². The van der Waals surface area contributed by atoms with Crippen LogP contribution in [0, 0.1) is 0 Å². The van der Waals surface area contributed by atoms with Crippen molar-refractivity contribution in [3.8, 4) is 0 Å². The molecule has 2 rings (SSSR count). The molecule has 0 aliphatic rings.